The Bertz CT molecular complexity index is 166. The average molecular weight is 184 g/mol. The van der Waals surface area contributed by atoms with E-state index in [0.717, 1.165) is 45.1 Å². The Balaban J connectivity index is 1.83. The predicted octanol–water partition coefficient (Wildman–Crippen LogP) is 0.195. The third kappa shape index (κ3) is 2.22. The second kappa shape index (κ2) is 3.56. The van der Waals surface area contributed by atoms with Crippen LogP contribution in [0.1, 0.15) is 26.2 Å². The zero-order chi connectivity index (χ0) is 9.31. The minimum Gasteiger partial charge on any atom is -0.390 e. The van der Waals surface area contributed by atoms with Crippen LogP contribution >= 0.6 is 0 Å². The van der Waals surface area contributed by atoms with Crippen LogP contribution in [-0.4, -0.2) is 47.8 Å². The van der Waals surface area contributed by atoms with Crippen LogP contribution in [0.2, 0.25) is 0 Å². The second-order valence-electron chi connectivity index (χ2n) is 4.68. The predicted molar refractivity (Wildman–Crippen MR) is 52.7 cm³/mol. The van der Waals surface area contributed by atoms with Gasteiger partial charge in [-0.25, -0.2) is 0 Å². The van der Waals surface area contributed by atoms with Gasteiger partial charge in [-0.2, -0.15) is 0 Å². The number of rotatable bonds is 1. The van der Waals surface area contributed by atoms with E-state index in [1.54, 1.807) is 0 Å². The summed E-state index contributed by atoms with van der Waals surface area (Å²) in [6.07, 6.45) is 3.15. The molecule has 0 radical (unpaired) electrons. The summed E-state index contributed by atoms with van der Waals surface area (Å²) in [5, 5.41) is 13.2. The molecule has 1 unspecified atom stereocenters. The second-order valence-corrected chi connectivity index (χ2v) is 4.68. The van der Waals surface area contributed by atoms with Gasteiger partial charge in [0.05, 0.1) is 5.60 Å². The molecule has 3 nitrogen and oxygen atoms in total. The molecule has 0 aromatic rings. The molecule has 0 aromatic heterocycles. The van der Waals surface area contributed by atoms with E-state index < -0.39 is 5.60 Å². The number of likely N-dealkylation sites (tertiary alicyclic amines) is 1. The molecule has 76 valence electrons. The Kier molecular flexibility index (Phi) is 2.58. The molecule has 1 atom stereocenters. The molecule has 0 aromatic carbocycles. The van der Waals surface area contributed by atoms with E-state index >= 15 is 0 Å². The van der Waals surface area contributed by atoms with Gasteiger partial charge in [0.25, 0.3) is 0 Å². The normalized spacial score (nSPS) is 35.1. The highest BCUT2D eigenvalue weighted by Crippen LogP contribution is 2.23. The van der Waals surface area contributed by atoms with E-state index in [1.807, 2.05) is 6.92 Å². The maximum Gasteiger partial charge on any atom is 0.0644 e. The topological polar surface area (TPSA) is 35.5 Å². The van der Waals surface area contributed by atoms with E-state index in [1.165, 1.54) is 6.42 Å². The van der Waals surface area contributed by atoms with Crippen LogP contribution in [0, 0.1) is 0 Å². The molecule has 2 heterocycles. The van der Waals surface area contributed by atoms with E-state index in [0.29, 0.717) is 0 Å². The molecule has 0 aliphatic carbocycles. The highest BCUT2D eigenvalue weighted by molar-refractivity contribution is 4.88. The highest BCUT2D eigenvalue weighted by Gasteiger charge is 2.31. The van der Waals surface area contributed by atoms with E-state index in [2.05, 4.69) is 10.2 Å². The number of aliphatic hydroxyl groups is 1. The number of nitrogens with one attached hydrogen (secondary N) is 1. The zero-order valence-electron chi connectivity index (χ0n) is 8.42. The van der Waals surface area contributed by atoms with Crippen molar-refractivity contribution < 1.29 is 5.11 Å². The van der Waals surface area contributed by atoms with Crippen molar-refractivity contribution in [2.24, 2.45) is 0 Å². The lowest BCUT2D eigenvalue weighted by atomic mass is 9.93. The van der Waals surface area contributed by atoms with Crippen LogP contribution < -0.4 is 5.32 Å². The minimum atomic E-state index is -0.400. The maximum atomic E-state index is 9.79. The van der Waals surface area contributed by atoms with Gasteiger partial charge < -0.3 is 10.4 Å². The molecular weight excluding hydrogens is 164 g/mol. The third-order valence-electron chi connectivity index (χ3n) is 3.43. The zero-order valence-corrected chi connectivity index (χ0v) is 8.42. The lowest BCUT2D eigenvalue weighted by Crippen LogP contribution is -2.47. The molecule has 13 heavy (non-hydrogen) atoms. The van der Waals surface area contributed by atoms with Gasteiger partial charge in [0.2, 0.25) is 0 Å². The van der Waals surface area contributed by atoms with Gasteiger partial charge in [0, 0.05) is 25.7 Å². The summed E-state index contributed by atoms with van der Waals surface area (Å²) in [6, 6.07) is 0.732. The fourth-order valence-corrected chi connectivity index (χ4v) is 2.32. The highest BCUT2D eigenvalue weighted by atomic mass is 16.3. The molecular formula is C10H20N2O. The summed E-state index contributed by atoms with van der Waals surface area (Å²) in [7, 11) is 0. The van der Waals surface area contributed by atoms with Crippen LogP contribution in [0.15, 0.2) is 0 Å². The van der Waals surface area contributed by atoms with Gasteiger partial charge >= 0.3 is 0 Å². The smallest absolute Gasteiger partial charge is 0.0644 e. The van der Waals surface area contributed by atoms with E-state index in [4.69, 9.17) is 0 Å². The summed E-state index contributed by atoms with van der Waals surface area (Å²) >= 11 is 0. The fourth-order valence-electron chi connectivity index (χ4n) is 2.32. The molecule has 0 spiro atoms. The van der Waals surface area contributed by atoms with Crippen LogP contribution in [0.25, 0.3) is 0 Å². The first-order valence-corrected chi connectivity index (χ1v) is 5.34. The standard InChI is InChI=1S/C10H20N2O/c1-10(13)3-6-12(7-4-10)9-2-5-11-8-9/h9,11,13H,2-8H2,1H3. The van der Waals surface area contributed by atoms with Crippen molar-refractivity contribution in [2.45, 2.75) is 37.8 Å². The number of piperidine rings is 1. The molecule has 3 heteroatoms. The maximum absolute atomic E-state index is 9.79. The average Bonchev–Trinajstić information content (AvgIpc) is 2.56. The van der Waals surface area contributed by atoms with Crippen molar-refractivity contribution in [3.05, 3.63) is 0 Å². The van der Waals surface area contributed by atoms with Gasteiger partial charge in [-0.05, 0) is 32.7 Å². The molecule has 0 amide bonds. The summed E-state index contributed by atoms with van der Waals surface area (Å²) in [5.41, 5.74) is -0.400. The van der Waals surface area contributed by atoms with Gasteiger partial charge in [-0.3, -0.25) is 4.90 Å². The fraction of sp³-hybridized carbons (Fsp3) is 1.00. The van der Waals surface area contributed by atoms with Crippen molar-refractivity contribution >= 4 is 0 Å². The van der Waals surface area contributed by atoms with Crippen LogP contribution in [0.5, 0.6) is 0 Å². The Hall–Kier alpha value is -0.120. The molecule has 2 aliphatic heterocycles. The summed E-state index contributed by atoms with van der Waals surface area (Å²) < 4.78 is 0. The van der Waals surface area contributed by atoms with E-state index in [-0.39, 0.29) is 0 Å². The Morgan fingerprint density at radius 3 is 2.62 bits per heavy atom. The Labute approximate surface area is 80.1 Å². The van der Waals surface area contributed by atoms with Gasteiger partial charge in [-0.1, -0.05) is 0 Å². The number of hydrogen-bond donors (Lipinski definition) is 2. The largest absolute Gasteiger partial charge is 0.390 e. The summed E-state index contributed by atoms with van der Waals surface area (Å²) in [6.45, 7) is 6.40. The first kappa shape index (κ1) is 9.44. The molecule has 2 rings (SSSR count). The molecule has 2 fully saturated rings. The Morgan fingerprint density at radius 1 is 1.38 bits per heavy atom. The minimum absolute atomic E-state index is 0.400. The lowest BCUT2D eigenvalue weighted by Gasteiger charge is -2.38. The van der Waals surface area contributed by atoms with Crippen molar-refractivity contribution in [1.82, 2.24) is 10.2 Å². The monoisotopic (exact) mass is 184 g/mol. The van der Waals surface area contributed by atoms with Crippen molar-refractivity contribution in [2.75, 3.05) is 26.2 Å². The molecule has 2 aliphatic rings. The van der Waals surface area contributed by atoms with Gasteiger partial charge in [0.15, 0.2) is 0 Å². The molecule has 2 N–H and O–H groups in total. The number of nitrogens with zero attached hydrogens (tertiary/aromatic N) is 1. The molecule has 0 bridgehead atoms. The first-order valence-electron chi connectivity index (χ1n) is 5.34. The van der Waals surface area contributed by atoms with Gasteiger partial charge in [0.1, 0.15) is 0 Å². The molecule has 0 saturated carbocycles. The SMILES string of the molecule is CC1(O)CCN(C2CCNC2)CC1. The van der Waals surface area contributed by atoms with Crippen molar-refractivity contribution in [3.63, 3.8) is 0 Å². The summed E-state index contributed by atoms with van der Waals surface area (Å²) in [4.78, 5) is 2.53. The van der Waals surface area contributed by atoms with Crippen LogP contribution in [0.3, 0.4) is 0 Å². The summed E-state index contributed by atoms with van der Waals surface area (Å²) in [5.74, 6) is 0. The van der Waals surface area contributed by atoms with E-state index in [9.17, 15) is 5.11 Å². The quantitative estimate of drug-likeness (QED) is 0.611. The van der Waals surface area contributed by atoms with Crippen molar-refractivity contribution in [1.29, 1.82) is 0 Å². The van der Waals surface area contributed by atoms with Crippen molar-refractivity contribution in [3.8, 4) is 0 Å². The van der Waals surface area contributed by atoms with Crippen LogP contribution in [0.4, 0.5) is 0 Å². The number of hydrogen-bond acceptors (Lipinski definition) is 3. The first-order chi connectivity index (χ1) is 6.17. The van der Waals surface area contributed by atoms with Crippen LogP contribution in [-0.2, 0) is 0 Å². The lowest BCUT2D eigenvalue weighted by molar-refractivity contribution is -0.0143. The van der Waals surface area contributed by atoms with Gasteiger partial charge in [-0.15, -0.1) is 0 Å². The molecule has 2 saturated heterocycles. The third-order valence-corrected chi connectivity index (χ3v) is 3.43. The Morgan fingerprint density at radius 2 is 2.08 bits per heavy atom.